The molecule has 0 amide bonds. The minimum Gasteiger partial charge on any atom is -0.383 e. The Bertz CT molecular complexity index is 873. The third-order valence-electron chi connectivity index (χ3n) is 3.35. The van der Waals surface area contributed by atoms with Crippen molar-refractivity contribution in [2.24, 2.45) is 0 Å². The molecule has 0 spiro atoms. The van der Waals surface area contributed by atoms with E-state index >= 15 is 0 Å². The molecular formula is C14H11BrN4O2. The number of anilines is 1. The van der Waals surface area contributed by atoms with Crippen molar-refractivity contribution >= 4 is 33.1 Å². The first kappa shape index (κ1) is 13.6. The molecule has 0 radical (unpaired) electrons. The molecule has 0 saturated carbocycles. The quantitative estimate of drug-likeness (QED) is 0.567. The van der Waals surface area contributed by atoms with Crippen molar-refractivity contribution in [1.82, 2.24) is 9.38 Å². The number of nitrogens with zero attached hydrogens (tertiary/aromatic N) is 3. The molecule has 6 nitrogen and oxygen atoms in total. The Kier molecular flexibility index (Phi) is 3.13. The maximum atomic E-state index is 11.2. The van der Waals surface area contributed by atoms with Gasteiger partial charge in [0.1, 0.15) is 17.2 Å². The van der Waals surface area contributed by atoms with Gasteiger partial charge in [0.15, 0.2) is 0 Å². The summed E-state index contributed by atoms with van der Waals surface area (Å²) in [6, 6.07) is 10.1. The van der Waals surface area contributed by atoms with Crippen LogP contribution in [0, 0.1) is 17.0 Å². The minimum absolute atomic E-state index is 0.00988. The van der Waals surface area contributed by atoms with Gasteiger partial charge in [-0.2, -0.15) is 0 Å². The number of aryl methyl sites for hydroxylation is 1. The zero-order chi connectivity index (χ0) is 15.1. The van der Waals surface area contributed by atoms with Gasteiger partial charge in [0.05, 0.1) is 10.5 Å². The standard InChI is InChI=1S/C14H11BrN4O2/c1-8-10(15)6-7-12-17-13(14(16)18(8)12)9-4-2-3-5-11(9)19(20)21/h2-7H,16H2,1H3. The highest BCUT2D eigenvalue weighted by Crippen LogP contribution is 2.34. The summed E-state index contributed by atoms with van der Waals surface area (Å²) in [5.41, 5.74) is 8.54. The van der Waals surface area contributed by atoms with E-state index < -0.39 is 4.92 Å². The number of halogens is 1. The SMILES string of the molecule is Cc1c(Br)ccc2nc(-c3ccccc3[N+](=O)[O-])c(N)n12. The fraction of sp³-hybridized carbons (Fsp3) is 0.0714. The van der Waals surface area contributed by atoms with E-state index in [-0.39, 0.29) is 5.69 Å². The monoisotopic (exact) mass is 346 g/mol. The smallest absolute Gasteiger partial charge is 0.278 e. The predicted octanol–water partition coefficient (Wildman–Crippen LogP) is 3.56. The van der Waals surface area contributed by atoms with Gasteiger partial charge in [-0.05, 0) is 41.1 Å². The minimum atomic E-state index is -0.429. The first-order chi connectivity index (χ1) is 10.0. The summed E-state index contributed by atoms with van der Waals surface area (Å²) in [4.78, 5) is 15.2. The van der Waals surface area contributed by atoms with Gasteiger partial charge in [0, 0.05) is 16.2 Å². The molecule has 106 valence electrons. The number of fused-ring (bicyclic) bond motifs is 1. The molecule has 0 bridgehead atoms. The molecule has 2 heterocycles. The predicted molar refractivity (Wildman–Crippen MR) is 84.1 cm³/mol. The van der Waals surface area contributed by atoms with E-state index in [1.165, 1.54) is 6.07 Å². The summed E-state index contributed by atoms with van der Waals surface area (Å²) in [5, 5.41) is 11.2. The van der Waals surface area contributed by atoms with Crippen molar-refractivity contribution < 1.29 is 4.92 Å². The highest BCUT2D eigenvalue weighted by Gasteiger charge is 2.21. The highest BCUT2D eigenvalue weighted by molar-refractivity contribution is 9.10. The largest absolute Gasteiger partial charge is 0.383 e. The van der Waals surface area contributed by atoms with Crippen LogP contribution in [0.2, 0.25) is 0 Å². The van der Waals surface area contributed by atoms with Gasteiger partial charge in [0.2, 0.25) is 0 Å². The Morgan fingerprint density at radius 1 is 1.29 bits per heavy atom. The van der Waals surface area contributed by atoms with E-state index in [1.807, 2.05) is 19.1 Å². The van der Waals surface area contributed by atoms with Crippen molar-refractivity contribution in [3.05, 3.63) is 56.7 Å². The first-order valence-electron chi connectivity index (χ1n) is 6.17. The Hall–Kier alpha value is -2.41. The van der Waals surface area contributed by atoms with Crippen LogP contribution in [-0.4, -0.2) is 14.3 Å². The van der Waals surface area contributed by atoms with Crippen LogP contribution in [0.25, 0.3) is 16.9 Å². The van der Waals surface area contributed by atoms with Gasteiger partial charge in [-0.3, -0.25) is 14.5 Å². The number of nitro groups is 1. The lowest BCUT2D eigenvalue weighted by Gasteiger charge is -2.04. The van der Waals surface area contributed by atoms with Crippen molar-refractivity contribution in [1.29, 1.82) is 0 Å². The van der Waals surface area contributed by atoms with E-state index in [0.717, 1.165) is 10.2 Å². The van der Waals surface area contributed by atoms with Crippen LogP contribution in [0.1, 0.15) is 5.69 Å². The Labute approximate surface area is 128 Å². The second-order valence-corrected chi connectivity index (χ2v) is 5.43. The Balaban J connectivity index is 2.35. The number of hydrogen-bond acceptors (Lipinski definition) is 4. The summed E-state index contributed by atoms with van der Waals surface area (Å²) in [6.45, 7) is 1.90. The molecule has 3 rings (SSSR count). The maximum absolute atomic E-state index is 11.2. The second kappa shape index (κ2) is 4.85. The van der Waals surface area contributed by atoms with Crippen molar-refractivity contribution in [3.63, 3.8) is 0 Å². The van der Waals surface area contributed by atoms with Gasteiger partial charge in [-0.25, -0.2) is 4.98 Å². The number of hydrogen-bond donors (Lipinski definition) is 1. The molecule has 1 aromatic carbocycles. The molecule has 0 aliphatic heterocycles. The average molecular weight is 347 g/mol. The summed E-state index contributed by atoms with van der Waals surface area (Å²) >= 11 is 3.44. The second-order valence-electron chi connectivity index (χ2n) is 4.58. The highest BCUT2D eigenvalue weighted by atomic mass is 79.9. The normalized spacial score (nSPS) is 11.0. The van der Waals surface area contributed by atoms with Crippen molar-refractivity contribution in [2.75, 3.05) is 5.73 Å². The van der Waals surface area contributed by atoms with Gasteiger partial charge in [-0.15, -0.1) is 0 Å². The molecule has 0 unspecified atom stereocenters. The van der Waals surface area contributed by atoms with Crippen molar-refractivity contribution in [2.45, 2.75) is 6.92 Å². The Morgan fingerprint density at radius 2 is 2.00 bits per heavy atom. The molecule has 2 aromatic heterocycles. The summed E-state index contributed by atoms with van der Waals surface area (Å²) in [7, 11) is 0. The molecule has 0 saturated heterocycles. The molecule has 0 fully saturated rings. The fourth-order valence-corrected chi connectivity index (χ4v) is 2.63. The Morgan fingerprint density at radius 3 is 2.71 bits per heavy atom. The number of rotatable bonds is 2. The number of imidazole rings is 1. The lowest BCUT2D eigenvalue weighted by molar-refractivity contribution is -0.384. The topological polar surface area (TPSA) is 86.5 Å². The van der Waals surface area contributed by atoms with Crippen LogP contribution >= 0.6 is 15.9 Å². The lowest BCUT2D eigenvalue weighted by Crippen LogP contribution is -1.99. The zero-order valence-corrected chi connectivity index (χ0v) is 12.7. The third-order valence-corrected chi connectivity index (χ3v) is 4.19. The summed E-state index contributed by atoms with van der Waals surface area (Å²) in [5.74, 6) is 0.387. The molecule has 0 aliphatic rings. The van der Waals surface area contributed by atoms with E-state index in [0.29, 0.717) is 22.7 Å². The van der Waals surface area contributed by atoms with Gasteiger partial charge in [0.25, 0.3) is 5.69 Å². The van der Waals surface area contributed by atoms with Gasteiger partial charge >= 0.3 is 0 Å². The molecule has 7 heteroatoms. The van der Waals surface area contributed by atoms with E-state index in [1.54, 1.807) is 22.6 Å². The van der Waals surface area contributed by atoms with Gasteiger partial charge in [-0.1, -0.05) is 12.1 Å². The number of nitrogens with two attached hydrogens (primary N) is 1. The summed E-state index contributed by atoms with van der Waals surface area (Å²) < 4.78 is 2.67. The number of para-hydroxylation sites is 1. The number of benzene rings is 1. The third kappa shape index (κ3) is 2.06. The molecule has 0 aliphatic carbocycles. The number of nitro benzene ring substituents is 1. The number of pyridine rings is 1. The van der Waals surface area contributed by atoms with Crippen molar-refractivity contribution in [3.8, 4) is 11.3 Å². The van der Waals surface area contributed by atoms with Crippen LogP contribution in [0.3, 0.4) is 0 Å². The van der Waals surface area contributed by atoms with Crippen LogP contribution in [0.5, 0.6) is 0 Å². The molecule has 3 aromatic rings. The lowest BCUT2D eigenvalue weighted by atomic mass is 10.1. The average Bonchev–Trinajstić information content (AvgIpc) is 2.80. The van der Waals surface area contributed by atoms with E-state index in [4.69, 9.17) is 5.73 Å². The number of nitrogen functional groups attached to an aromatic ring is 1. The summed E-state index contributed by atoms with van der Waals surface area (Å²) in [6.07, 6.45) is 0. The molecule has 2 N–H and O–H groups in total. The van der Waals surface area contributed by atoms with Gasteiger partial charge < -0.3 is 5.73 Å². The van der Waals surface area contributed by atoms with E-state index in [9.17, 15) is 10.1 Å². The van der Waals surface area contributed by atoms with Crippen LogP contribution in [0.4, 0.5) is 11.5 Å². The van der Waals surface area contributed by atoms with Crippen LogP contribution in [-0.2, 0) is 0 Å². The number of aromatic nitrogens is 2. The maximum Gasteiger partial charge on any atom is 0.278 e. The molecule has 21 heavy (non-hydrogen) atoms. The zero-order valence-electron chi connectivity index (χ0n) is 11.1. The first-order valence-corrected chi connectivity index (χ1v) is 6.97. The van der Waals surface area contributed by atoms with Crippen LogP contribution < -0.4 is 5.73 Å². The molecular weight excluding hydrogens is 336 g/mol. The van der Waals surface area contributed by atoms with Crippen LogP contribution in [0.15, 0.2) is 40.9 Å². The molecule has 0 atom stereocenters. The fourth-order valence-electron chi connectivity index (χ4n) is 2.32. The van der Waals surface area contributed by atoms with E-state index in [2.05, 4.69) is 20.9 Å².